The molecular weight excluding hydrogens is 326 g/mol. The van der Waals surface area contributed by atoms with Gasteiger partial charge in [-0.15, -0.1) is 0 Å². The number of amides is 1. The Morgan fingerprint density at radius 1 is 1.08 bits per heavy atom. The fourth-order valence-corrected chi connectivity index (χ4v) is 3.05. The van der Waals surface area contributed by atoms with Crippen molar-refractivity contribution in [1.82, 2.24) is 4.90 Å². The lowest BCUT2D eigenvalue weighted by molar-refractivity contribution is -0.142. The van der Waals surface area contributed by atoms with E-state index in [1.54, 1.807) is 23.1 Å². The third-order valence-corrected chi connectivity index (χ3v) is 4.55. The van der Waals surface area contributed by atoms with Crippen LogP contribution in [0, 0.1) is 0 Å². The molecule has 4 nitrogen and oxygen atoms in total. The van der Waals surface area contributed by atoms with Gasteiger partial charge in [-0.25, -0.2) is 0 Å². The molecule has 1 aliphatic heterocycles. The van der Waals surface area contributed by atoms with Crippen LogP contribution in [0.2, 0.25) is 5.02 Å². The quantitative estimate of drug-likeness (QED) is 0.923. The summed E-state index contributed by atoms with van der Waals surface area (Å²) in [6.07, 6.45) is 0.367. The standard InChI is InChI=1S/C19H20ClNO3/c20-16-8-4-5-9-17(16)24-15-10-12-21(13-11-15)19(23)18(22)14-6-2-1-3-7-14/h1-9,15,18,22H,10-13H2/t18-/m0/s1. The summed E-state index contributed by atoms with van der Waals surface area (Å²) in [5.74, 6) is 0.422. The molecule has 0 radical (unpaired) electrons. The van der Waals surface area contributed by atoms with Gasteiger partial charge in [-0.05, 0) is 17.7 Å². The van der Waals surface area contributed by atoms with E-state index in [0.717, 1.165) is 12.8 Å². The van der Waals surface area contributed by atoms with E-state index in [0.29, 0.717) is 29.4 Å². The van der Waals surface area contributed by atoms with Gasteiger partial charge in [-0.1, -0.05) is 54.1 Å². The Balaban J connectivity index is 1.55. The lowest BCUT2D eigenvalue weighted by Crippen LogP contribution is -2.43. The average Bonchev–Trinajstić information content (AvgIpc) is 2.64. The van der Waals surface area contributed by atoms with Gasteiger partial charge in [0.2, 0.25) is 0 Å². The Morgan fingerprint density at radius 3 is 2.38 bits per heavy atom. The highest BCUT2D eigenvalue weighted by atomic mass is 35.5. The molecule has 0 aliphatic carbocycles. The highest BCUT2D eigenvalue weighted by Gasteiger charge is 2.28. The predicted molar refractivity (Wildman–Crippen MR) is 93.1 cm³/mol. The zero-order chi connectivity index (χ0) is 16.9. The van der Waals surface area contributed by atoms with E-state index in [1.165, 1.54) is 0 Å². The molecule has 126 valence electrons. The number of benzene rings is 2. The maximum atomic E-state index is 12.4. The van der Waals surface area contributed by atoms with E-state index in [9.17, 15) is 9.90 Å². The summed E-state index contributed by atoms with van der Waals surface area (Å²) in [5.41, 5.74) is 0.622. The van der Waals surface area contributed by atoms with E-state index in [-0.39, 0.29) is 12.0 Å². The largest absolute Gasteiger partial charge is 0.489 e. The molecule has 0 bridgehead atoms. The van der Waals surface area contributed by atoms with Crippen LogP contribution < -0.4 is 4.74 Å². The summed E-state index contributed by atoms with van der Waals surface area (Å²) in [4.78, 5) is 14.1. The Hall–Kier alpha value is -2.04. The minimum Gasteiger partial charge on any atom is -0.489 e. The van der Waals surface area contributed by atoms with Crippen molar-refractivity contribution in [3.8, 4) is 5.75 Å². The molecule has 2 aromatic carbocycles. The Kier molecular flexibility index (Phi) is 5.38. The number of nitrogens with zero attached hydrogens (tertiary/aromatic N) is 1. The van der Waals surface area contributed by atoms with Gasteiger partial charge >= 0.3 is 0 Å². The number of hydrogen-bond donors (Lipinski definition) is 1. The molecule has 1 saturated heterocycles. The van der Waals surface area contributed by atoms with Crippen molar-refractivity contribution in [1.29, 1.82) is 0 Å². The SMILES string of the molecule is O=C([C@@H](O)c1ccccc1)N1CCC(Oc2ccccc2Cl)CC1. The van der Waals surface area contributed by atoms with Crippen LogP contribution in [0.5, 0.6) is 5.75 Å². The monoisotopic (exact) mass is 345 g/mol. The molecule has 1 amide bonds. The van der Waals surface area contributed by atoms with E-state index in [4.69, 9.17) is 16.3 Å². The smallest absolute Gasteiger partial charge is 0.256 e. The number of carbonyl (C=O) groups excluding carboxylic acids is 1. The number of aliphatic hydroxyl groups excluding tert-OH is 1. The van der Waals surface area contributed by atoms with Crippen LogP contribution in [0.4, 0.5) is 0 Å². The molecule has 1 heterocycles. The fourth-order valence-electron chi connectivity index (χ4n) is 2.86. The molecular formula is C19H20ClNO3. The van der Waals surface area contributed by atoms with E-state index in [2.05, 4.69) is 0 Å². The predicted octanol–water partition coefficient (Wildman–Crippen LogP) is 3.44. The second kappa shape index (κ2) is 7.69. The van der Waals surface area contributed by atoms with Gasteiger partial charge in [0.05, 0.1) is 5.02 Å². The van der Waals surface area contributed by atoms with Gasteiger partial charge in [-0.2, -0.15) is 0 Å². The minimum absolute atomic E-state index is 0.0304. The highest BCUT2D eigenvalue weighted by molar-refractivity contribution is 6.32. The number of aliphatic hydroxyl groups is 1. The summed E-state index contributed by atoms with van der Waals surface area (Å²) in [6, 6.07) is 16.4. The number of carbonyl (C=O) groups is 1. The molecule has 5 heteroatoms. The van der Waals surface area contributed by atoms with Crippen molar-refractivity contribution in [3.05, 3.63) is 65.2 Å². The fraction of sp³-hybridized carbons (Fsp3) is 0.316. The molecule has 2 aromatic rings. The van der Waals surface area contributed by atoms with E-state index < -0.39 is 6.10 Å². The number of hydrogen-bond acceptors (Lipinski definition) is 3. The van der Waals surface area contributed by atoms with Crippen LogP contribution in [0.3, 0.4) is 0 Å². The van der Waals surface area contributed by atoms with Crippen LogP contribution in [0.25, 0.3) is 0 Å². The third-order valence-electron chi connectivity index (χ3n) is 4.23. The molecule has 1 atom stereocenters. The lowest BCUT2D eigenvalue weighted by atomic mass is 10.0. The normalized spacial score (nSPS) is 16.7. The summed E-state index contributed by atoms with van der Waals surface area (Å²) >= 11 is 6.11. The lowest BCUT2D eigenvalue weighted by Gasteiger charge is -2.33. The summed E-state index contributed by atoms with van der Waals surface area (Å²) in [5, 5.41) is 10.8. The first kappa shape index (κ1) is 16.8. The van der Waals surface area contributed by atoms with Crippen molar-refractivity contribution in [2.75, 3.05) is 13.1 Å². The van der Waals surface area contributed by atoms with Crippen molar-refractivity contribution in [2.45, 2.75) is 25.0 Å². The van der Waals surface area contributed by atoms with Crippen LogP contribution in [-0.2, 0) is 4.79 Å². The zero-order valence-electron chi connectivity index (χ0n) is 13.3. The number of piperidine rings is 1. The van der Waals surface area contributed by atoms with Crippen LogP contribution in [-0.4, -0.2) is 35.1 Å². The Labute approximate surface area is 146 Å². The molecule has 0 aromatic heterocycles. The van der Waals surface area contributed by atoms with Gasteiger partial charge in [0.15, 0.2) is 6.10 Å². The minimum atomic E-state index is -1.10. The average molecular weight is 346 g/mol. The Morgan fingerprint density at radius 2 is 1.71 bits per heavy atom. The van der Waals surface area contributed by atoms with Gasteiger partial charge in [0.25, 0.3) is 5.91 Å². The molecule has 1 fully saturated rings. The van der Waals surface area contributed by atoms with E-state index in [1.807, 2.05) is 36.4 Å². The molecule has 0 spiro atoms. The van der Waals surface area contributed by atoms with Crippen molar-refractivity contribution in [2.24, 2.45) is 0 Å². The molecule has 1 aliphatic rings. The highest BCUT2D eigenvalue weighted by Crippen LogP contribution is 2.27. The third kappa shape index (κ3) is 3.89. The molecule has 1 N–H and O–H groups in total. The maximum Gasteiger partial charge on any atom is 0.256 e. The number of likely N-dealkylation sites (tertiary alicyclic amines) is 1. The van der Waals surface area contributed by atoms with Crippen LogP contribution in [0.15, 0.2) is 54.6 Å². The summed E-state index contributed by atoms with van der Waals surface area (Å²) in [6.45, 7) is 1.13. The van der Waals surface area contributed by atoms with Gasteiger partial charge < -0.3 is 14.7 Å². The van der Waals surface area contributed by atoms with Crippen LogP contribution >= 0.6 is 11.6 Å². The molecule has 0 unspecified atom stereocenters. The molecule has 24 heavy (non-hydrogen) atoms. The number of para-hydroxylation sites is 1. The van der Waals surface area contributed by atoms with Crippen molar-refractivity contribution >= 4 is 17.5 Å². The molecule has 3 rings (SSSR count). The van der Waals surface area contributed by atoms with Crippen LogP contribution in [0.1, 0.15) is 24.5 Å². The zero-order valence-corrected chi connectivity index (χ0v) is 14.0. The topological polar surface area (TPSA) is 49.8 Å². The summed E-state index contributed by atoms with van der Waals surface area (Å²) < 4.78 is 5.93. The first-order valence-corrected chi connectivity index (χ1v) is 8.46. The van der Waals surface area contributed by atoms with E-state index >= 15 is 0 Å². The second-order valence-electron chi connectivity index (χ2n) is 5.89. The second-order valence-corrected chi connectivity index (χ2v) is 6.29. The Bertz CT molecular complexity index is 684. The van der Waals surface area contributed by atoms with Crippen molar-refractivity contribution in [3.63, 3.8) is 0 Å². The van der Waals surface area contributed by atoms with Gasteiger partial charge in [0, 0.05) is 25.9 Å². The maximum absolute atomic E-state index is 12.4. The summed E-state index contributed by atoms with van der Waals surface area (Å²) in [7, 11) is 0. The first-order chi connectivity index (χ1) is 11.6. The number of rotatable bonds is 4. The molecule has 0 saturated carbocycles. The number of ether oxygens (including phenoxy) is 1. The van der Waals surface area contributed by atoms with Gasteiger partial charge in [0.1, 0.15) is 11.9 Å². The first-order valence-electron chi connectivity index (χ1n) is 8.08. The number of halogens is 1. The van der Waals surface area contributed by atoms with Gasteiger partial charge in [-0.3, -0.25) is 4.79 Å². The van der Waals surface area contributed by atoms with Crippen molar-refractivity contribution < 1.29 is 14.6 Å².